The van der Waals surface area contributed by atoms with Crippen molar-refractivity contribution in [2.24, 2.45) is 7.05 Å². The quantitative estimate of drug-likeness (QED) is 0.746. The molecule has 0 aliphatic carbocycles. The highest BCUT2D eigenvalue weighted by atomic mass is 79.9. The highest BCUT2D eigenvalue weighted by Gasteiger charge is 2.19. The van der Waals surface area contributed by atoms with E-state index in [0.29, 0.717) is 27.0 Å². The molecule has 3 rings (SSSR count). The van der Waals surface area contributed by atoms with Crippen molar-refractivity contribution in [2.75, 3.05) is 5.73 Å². The van der Waals surface area contributed by atoms with E-state index >= 15 is 0 Å². The van der Waals surface area contributed by atoms with E-state index in [-0.39, 0.29) is 0 Å². The SMILES string of the molecule is Cn1nc(-c2ccc(Br)o2)c(-c2cccc(Cl)c2)c1N. The van der Waals surface area contributed by atoms with Gasteiger partial charge in [0.2, 0.25) is 0 Å². The molecule has 0 saturated carbocycles. The van der Waals surface area contributed by atoms with Gasteiger partial charge in [0, 0.05) is 12.1 Å². The number of furan rings is 1. The lowest BCUT2D eigenvalue weighted by molar-refractivity contribution is 0.552. The predicted octanol–water partition coefficient (Wildman–Crippen LogP) is 4.35. The van der Waals surface area contributed by atoms with E-state index in [9.17, 15) is 0 Å². The first-order valence-electron chi connectivity index (χ1n) is 5.90. The summed E-state index contributed by atoms with van der Waals surface area (Å²) in [5.41, 5.74) is 8.55. The van der Waals surface area contributed by atoms with Gasteiger partial charge in [0.15, 0.2) is 10.4 Å². The van der Waals surface area contributed by atoms with E-state index in [1.807, 2.05) is 36.4 Å². The molecular formula is C14H11BrClN3O. The van der Waals surface area contributed by atoms with E-state index in [0.717, 1.165) is 11.1 Å². The van der Waals surface area contributed by atoms with E-state index in [2.05, 4.69) is 21.0 Å². The van der Waals surface area contributed by atoms with Gasteiger partial charge in [-0.2, -0.15) is 5.10 Å². The summed E-state index contributed by atoms with van der Waals surface area (Å²) in [5, 5.41) is 5.08. The molecule has 0 aliphatic rings. The first kappa shape index (κ1) is 13.3. The predicted molar refractivity (Wildman–Crippen MR) is 83.5 cm³/mol. The van der Waals surface area contributed by atoms with Gasteiger partial charge in [-0.1, -0.05) is 23.7 Å². The third-order valence-electron chi connectivity index (χ3n) is 3.01. The third kappa shape index (κ3) is 2.23. The lowest BCUT2D eigenvalue weighted by atomic mass is 10.0. The summed E-state index contributed by atoms with van der Waals surface area (Å²) in [5.74, 6) is 1.22. The maximum Gasteiger partial charge on any atom is 0.169 e. The van der Waals surface area contributed by atoms with E-state index in [1.54, 1.807) is 11.7 Å². The van der Waals surface area contributed by atoms with Crippen LogP contribution in [0.1, 0.15) is 0 Å². The molecule has 0 amide bonds. The second kappa shape index (κ2) is 5.00. The molecule has 20 heavy (non-hydrogen) atoms. The maximum atomic E-state index is 6.13. The van der Waals surface area contributed by atoms with E-state index < -0.39 is 0 Å². The van der Waals surface area contributed by atoms with Crippen LogP contribution in [0.25, 0.3) is 22.6 Å². The maximum absolute atomic E-state index is 6.13. The molecule has 0 aliphatic heterocycles. The van der Waals surface area contributed by atoms with Crippen molar-refractivity contribution in [3.05, 3.63) is 46.1 Å². The molecule has 2 heterocycles. The summed E-state index contributed by atoms with van der Waals surface area (Å²) in [4.78, 5) is 0. The summed E-state index contributed by atoms with van der Waals surface area (Å²) < 4.78 is 7.86. The molecule has 3 aromatic rings. The van der Waals surface area contributed by atoms with Crippen LogP contribution >= 0.6 is 27.5 Å². The smallest absolute Gasteiger partial charge is 0.169 e. The molecule has 102 valence electrons. The number of nitrogen functional groups attached to an aromatic ring is 1. The van der Waals surface area contributed by atoms with E-state index in [4.69, 9.17) is 21.8 Å². The summed E-state index contributed by atoms with van der Waals surface area (Å²) in [7, 11) is 1.80. The Balaban J connectivity index is 2.24. The summed E-state index contributed by atoms with van der Waals surface area (Å²) in [6.45, 7) is 0. The van der Waals surface area contributed by atoms with Crippen molar-refractivity contribution in [1.29, 1.82) is 0 Å². The van der Waals surface area contributed by atoms with Crippen molar-refractivity contribution in [1.82, 2.24) is 9.78 Å². The second-order valence-corrected chi connectivity index (χ2v) is 5.56. The minimum Gasteiger partial charge on any atom is -0.448 e. The summed E-state index contributed by atoms with van der Waals surface area (Å²) in [6.07, 6.45) is 0. The molecule has 0 saturated heterocycles. The summed E-state index contributed by atoms with van der Waals surface area (Å²) in [6, 6.07) is 11.2. The van der Waals surface area contributed by atoms with Gasteiger partial charge in [0.1, 0.15) is 11.5 Å². The standard InChI is InChI=1S/C14H11BrClN3O/c1-19-14(17)12(8-3-2-4-9(16)7-8)13(18-19)10-5-6-11(15)20-10/h2-7H,17H2,1H3. The van der Waals surface area contributed by atoms with Crippen LogP contribution in [0, 0.1) is 0 Å². The zero-order valence-electron chi connectivity index (χ0n) is 10.6. The van der Waals surface area contributed by atoms with Crippen LogP contribution < -0.4 is 5.73 Å². The van der Waals surface area contributed by atoms with Gasteiger partial charge >= 0.3 is 0 Å². The van der Waals surface area contributed by atoms with Gasteiger partial charge in [-0.3, -0.25) is 4.68 Å². The average molecular weight is 353 g/mol. The first-order valence-corrected chi connectivity index (χ1v) is 7.07. The van der Waals surface area contributed by atoms with Gasteiger partial charge in [-0.15, -0.1) is 0 Å². The van der Waals surface area contributed by atoms with Crippen LogP contribution in [-0.4, -0.2) is 9.78 Å². The van der Waals surface area contributed by atoms with Crippen molar-refractivity contribution in [3.8, 4) is 22.6 Å². The monoisotopic (exact) mass is 351 g/mol. The van der Waals surface area contributed by atoms with Crippen LogP contribution in [0.15, 0.2) is 45.5 Å². The van der Waals surface area contributed by atoms with Crippen LogP contribution in [0.5, 0.6) is 0 Å². The fourth-order valence-corrected chi connectivity index (χ4v) is 2.58. The fraction of sp³-hybridized carbons (Fsp3) is 0.0714. The zero-order chi connectivity index (χ0) is 14.3. The first-order chi connectivity index (χ1) is 9.56. The molecular weight excluding hydrogens is 342 g/mol. The Labute approximate surface area is 129 Å². The molecule has 0 atom stereocenters. The summed E-state index contributed by atoms with van der Waals surface area (Å²) >= 11 is 9.35. The Morgan fingerprint density at radius 3 is 2.75 bits per heavy atom. The minimum atomic E-state index is 0.565. The number of nitrogens with two attached hydrogens (primary N) is 1. The Hall–Kier alpha value is -1.72. The average Bonchev–Trinajstić information content (AvgIpc) is 2.95. The minimum absolute atomic E-state index is 0.565. The molecule has 2 N–H and O–H groups in total. The molecule has 0 radical (unpaired) electrons. The van der Waals surface area contributed by atoms with Crippen LogP contribution in [0.2, 0.25) is 5.02 Å². The van der Waals surface area contributed by atoms with Gasteiger partial charge in [-0.25, -0.2) is 0 Å². The van der Waals surface area contributed by atoms with Gasteiger partial charge in [-0.05, 0) is 45.8 Å². The molecule has 4 nitrogen and oxygen atoms in total. The number of benzene rings is 1. The second-order valence-electron chi connectivity index (χ2n) is 4.35. The number of hydrogen-bond acceptors (Lipinski definition) is 3. The van der Waals surface area contributed by atoms with Crippen molar-refractivity contribution >= 4 is 33.3 Å². The van der Waals surface area contributed by atoms with Crippen molar-refractivity contribution < 1.29 is 4.42 Å². The molecule has 0 spiro atoms. The Morgan fingerprint density at radius 1 is 1.30 bits per heavy atom. The zero-order valence-corrected chi connectivity index (χ0v) is 12.9. The van der Waals surface area contributed by atoms with Crippen molar-refractivity contribution in [3.63, 3.8) is 0 Å². The molecule has 2 aromatic heterocycles. The Bertz CT molecular complexity index is 779. The lowest BCUT2D eigenvalue weighted by Gasteiger charge is -2.03. The van der Waals surface area contributed by atoms with E-state index in [1.165, 1.54) is 0 Å². The molecule has 0 unspecified atom stereocenters. The van der Waals surface area contributed by atoms with Crippen LogP contribution in [-0.2, 0) is 7.05 Å². The normalized spacial score (nSPS) is 10.9. The molecule has 0 bridgehead atoms. The number of hydrogen-bond donors (Lipinski definition) is 1. The van der Waals surface area contributed by atoms with Crippen molar-refractivity contribution in [2.45, 2.75) is 0 Å². The lowest BCUT2D eigenvalue weighted by Crippen LogP contribution is -1.97. The topological polar surface area (TPSA) is 57.0 Å². The number of anilines is 1. The van der Waals surface area contributed by atoms with Gasteiger partial charge in [0.05, 0.1) is 5.56 Å². The number of nitrogens with zero attached hydrogens (tertiary/aromatic N) is 2. The number of aryl methyl sites for hydroxylation is 1. The Morgan fingerprint density at radius 2 is 2.10 bits per heavy atom. The third-order valence-corrected chi connectivity index (χ3v) is 3.67. The molecule has 1 aromatic carbocycles. The highest BCUT2D eigenvalue weighted by Crippen LogP contribution is 2.37. The molecule has 6 heteroatoms. The Kier molecular flexibility index (Phi) is 3.31. The highest BCUT2D eigenvalue weighted by molar-refractivity contribution is 9.10. The van der Waals surface area contributed by atoms with Crippen LogP contribution in [0.4, 0.5) is 5.82 Å². The number of halogens is 2. The fourth-order valence-electron chi connectivity index (χ4n) is 2.08. The van der Waals surface area contributed by atoms with Gasteiger partial charge in [0.25, 0.3) is 0 Å². The largest absolute Gasteiger partial charge is 0.448 e. The number of aromatic nitrogens is 2. The number of rotatable bonds is 2. The molecule has 0 fully saturated rings. The van der Waals surface area contributed by atoms with Crippen LogP contribution in [0.3, 0.4) is 0 Å². The van der Waals surface area contributed by atoms with Gasteiger partial charge < -0.3 is 10.2 Å².